The first kappa shape index (κ1) is 15.0. The number of benzene rings is 2. The van der Waals surface area contributed by atoms with Crippen LogP contribution in [0.2, 0.25) is 0 Å². The third-order valence-corrected chi connectivity index (χ3v) is 4.65. The second-order valence-electron chi connectivity index (χ2n) is 6.07. The Labute approximate surface area is 139 Å². The minimum Gasteiger partial charge on any atom is -0.283 e. The summed E-state index contributed by atoms with van der Waals surface area (Å²) in [5.41, 5.74) is 2.84. The molecular formula is C19H17F2N3. The van der Waals surface area contributed by atoms with Gasteiger partial charge in [-0.15, -0.1) is 10.2 Å². The standard InChI is InChI=1S/C19H17F2N3/c1-2-18-22-23-19-10-9-15(12-3-5-13(20)6-4-12)16-8-7-14(21)11-17(16)24(18)19/h3-8,11,15H,2,9-10H2,1H3. The van der Waals surface area contributed by atoms with E-state index in [0.717, 1.165) is 47.7 Å². The van der Waals surface area contributed by atoms with Crippen LogP contribution in [0.15, 0.2) is 42.5 Å². The van der Waals surface area contributed by atoms with Gasteiger partial charge in [-0.3, -0.25) is 4.57 Å². The van der Waals surface area contributed by atoms with Crippen molar-refractivity contribution in [2.75, 3.05) is 0 Å². The zero-order valence-electron chi connectivity index (χ0n) is 13.3. The van der Waals surface area contributed by atoms with E-state index >= 15 is 0 Å². The number of rotatable bonds is 2. The molecule has 0 saturated heterocycles. The third kappa shape index (κ3) is 2.40. The first-order valence-corrected chi connectivity index (χ1v) is 8.16. The predicted octanol–water partition coefficient (Wildman–Crippen LogP) is 4.19. The van der Waals surface area contributed by atoms with E-state index in [1.54, 1.807) is 18.2 Å². The molecule has 1 aliphatic heterocycles. The molecule has 1 unspecified atom stereocenters. The van der Waals surface area contributed by atoms with Crippen molar-refractivity contribution in [2.24, 2.45) is 0 Å². The average molecular weight is 325 g/mol. The van der Waals surface area contributed by atoms with Crippen molar-refractivity contribution in [3.8, 4) is 5.69 Å². The highest BCUT2D eigenvalue weighted by Crippen LogP contribution is 2.37. The fourth-order valence-corrected chi connectivity index (χ4v) is 3.50. The Morgan fingerprint density at radius 2 is 1.79 bits per heavy atom. The highest BCUT2D eigenvalue weighted by molar-refractivity contribution is 5.50. The van der Waals surface area contributed by atoms with Crippen molar-refractivity contribution in [1.29, 1.82) is 0 Å². The number of fused-ring (bicyclic) bond motifs is 3. The smallest absolute Gasteiger partial charge is 0.137 e. The van der Waals surface area contributed by atoms with Gasteiger partial charge in [0.1, 0.15) is 23.3 Å². The first-order chi connectivity index (χ1) is 11.7. The van der Waals surface area contributed by atoms with Gasteiger partial charge in [-0.2, -0.15) is 0 Å². The van der Waals surface area contributed by atoms with Crippen LogP contribution in [-0.4, -0.2) is 14.8 Å². The summed E-state index contributed by atoms with van der Waals surface area (Å²) in [7, 11) is 0. The summed E-state index contributed by atoms with van der Waals surface area (Å²) in [5, 5.41) is 8.53. The van der Waals surface area contributed by atoms with E-state index in [9.17, 15) is 8.78 Å². The van der Waals surface area contributed by atoms with Crippen molar-refractivity contribution in [2.45, 2.75) is 32.1 Å². The second kappa shape index (κ2) is 5.82. The highest BCUT2D eigenvalue weighted by atomic mass is 19.1. The van der Waals surface area contributed by atoms with Crippen LogP contribution in [0.5, 0.6) is 0 Å². The molecule has 1 atom stereocenters. The van der Waals surface area contributed by atoms with Gasteiger partial charge < -0.3 is 0 Å². The molecule has 24 heavy (non-hydrogen) atoms. The maximum atomic E-state index is 13.9. The molecule has 5 heteroatoms. The molecule has 3 aromatic rings. The predicted molar refractivity (Wildman–Crippen MR) is 87.3 cm³/mol. The molecule has 0 radical (unpaired) electrons. The summed E-state index contributed by atoms with van der Waals surface area (Å²) < 4.78 is 29.2. The minimum absolute atomic E-state index is 0.0765. The summed E-state index contributed by atoms with van der Waals surface area (Å²) >= 11 is 0. The van der Waals surface area contributed by atoms with Gasteiger partial charge in [-0.1, -0.05) is 25.1 Å². The van der Waals surface area contributed by atoms with Crippen LogP contribution in [0.1, 0.15) is 42.0 Å². The summed E-state index contributed by atoms with van der Waals surface area (Å²) in [4.78, 5) is 0. The van der Waals surface area contributed by atoms with Crippen molar-refractivity contribution in [3.05, 3.63) is 76.9 Å². The van der Waals surface area contributed by atoms with Crippen LogP contribution in [0.3, 0.4) is 0 Å². The topological polar surface area (TPSA) is 30.7 Å². The monoisotopic (exact) mass is 325 g/mol. The van der Waals surface area contributed by atoms with E-state index < -0.39 is 0 Å². The van der Waals surface area contributed by atoms with Gasteiger partial charge >= 0.3 is 0 Å². The van der Waals surface area contributed by atoms with E-state index in [1.165, 1.54) is 18.2 Å². The molecule has 0 fully saturated rings. The van der Waals surface area contributed by atoms with Crippen LogP contribution in [0.4, 0.5) is 8.78 Å². The maximum Gasteiger partial charge on any atom is 0.137 e. The van der Waals surface area contributed by atoms with Gasteiger partial charge in [0.25, 0.3) is 0 Å². The number of nitrogens with zero attached hydrogens (tertiary/aromatic N) is 3. The van der Waals surface area contributed by atoms with Gasteiger partial charge in [-0.05, 0) is 41.8 Å². The molecule has 1 aliphatic rings. The largest absolute Gasteiger partial charge is 0.283 e. The van der Waals surface area contributed by atoms with Gasteiger partial charge in [0.15, 0.2) is 0 Å². The molecule has 0 amide bonds. The van der Waals surface area contributed by atoms with Crippen molar-refractivity contribution in [1.82, 2.24) is 14.8 Å². The summed E-state index contributed by atoms with van der Waals surface area (Å²) in [6.07, 6.45) is 2.29. The fraction of sp³-hybridized carbons (Fsp3) is 0.263. The van der Waals surface area contributed by atoms with Crippen LogP contribution in [-0.2, 0) is 12.8 Å². The van der Waals surface area contributed by atoms with E-state index in [4.69, 9.17) is 0 Å². The van der Waals surface area contributed by atoms with Crippen LogP contribution < -0.4 is 0 Å². The highest BCUT2D eigenvalue weighted by Gasteiger charge is 2.26. The third-order valence-electron chi connectivity index (χ3n) is 4.65. The Balaban J connectivity index is 1.92. The Bertz CT molecular complexity index is 884. The molecule has 4 rings (SSSR count). The lowest BCUT2D eigenvalue weighted by Crippen LogP contribution is -2.07. The van der Waals surface area contributed by atoms with Gasteiger partial charge in [-0.25, -0.2) is 8.78 Å². The van der Waals surface area contributed by atoms with Crippen LogP contribution in [0, 0.1) is 11.6 Å². The van der Waals surface area contributed by atoms with Gasteiger partial charge in [0, 0.05) is 18.8 Å². The fourth-order valence-electron chi connectivity index (χ4n) is 3.50. The lowest BCUT2D eigenvalue weighted by Gasteiger charge is -2.19. The number of hydrogen-bond acceptors (Lipinski definition) is 2. The molecule has 0 aliphatic carbocycles. The first-order valence-electron chi connectivity index (χ1n) is 8.16. The summed E-state index contributed by atoms with van der Waals surface area (Å²) in [6.45, 7) is 2.01. The number of halogens is 2. The SMILES string of the molecule is CCc1nnc2n1-c1cc(F)ccc1C(c1ccc(F)cc1)CC2. The molecule has 2 aromatic carbocycles. The van der Waals surface area contributed by atoms with E-state index in [0.29, 0.717) is 0 Å². The Hall–Kier alpha value is -2.56. The Kier molecular flexibility index (Phi) is 3.63. The molecule has 1 aromatic heterocycles. The molecule has 2 heterocycles. The van der Waals surface area contributed by atoms with Crippen molar-refractivity contribution >= 4 is 0 Å². The lowest BCUT2D eigenvalue weighted by molar-refractivity contribution is 0.622. The van der Waals surface area contributed by atoms with Crippen molar-refractivity contribution < 1.29 is 8.78 Å². The van der Waals surface area contributed by atoms with Crippen LogP contribution >= 0.6 is 0 Å². The molecule has 122 valence electrons. The van der Waals surface area contributed by atoms with E-state index in [-0.39, 0.29) is 17.6 Å². The number of hydrogen-bond donors (Lipinski definition) is 0. The molecule has 3 nitrogen and oxygen atoms in total. The minimum atomic E-state index is -0.282. The lowest BCUT2D eigenvalue weighted by atomic mass is 9.87. The zero-order valence-corrected chi connectivity index (χ0v) is 13.3. The van der Waals surface area contributed by atoms with Crippen LogP contribution in [0.25, 0.3) is 5.69 Å². The summed E-state index contributed by atoms with van der Waals surface area (Å²) in [5.74, 6) is 1.22. The van der Waals surface area contributed by atoms with E-state index in [1.807, 2.05) is 17.6 Å². The zero-order chi connectivity index (χ0) is 16.7. The molecular weight excluding hydrogens is 308 g/mol. The quantitative estimate of drug-likeness (QED) is 0.707. The molecule has 0 bridgehead atoms. The maximum absolute atomic E-state index is 13.9. The number of aryl methyl sites for hydroxylation is 2. The Morgan fingerprint density at radius 3 is 2.54 bits per heavy atom. The molecule has 0 N–H and O–H groups in total. The van der Waals surface area contributed by atoms with Gasteiger partial charge in [0.05, 0.1) is 5.69 Å². The number of aromatic nitrogens is 3. The molecule has 0 saturated carbocycles. The van der Waals surface area contributed by atoms with E-state index in [2.05, 4.69) is 10.2 Å². The van der Waals surface area contributed by atoms with Gasteiger partial charge in [0.2, 0.25) is 0 Å². The normalized spacial score (nSPS) is 16.4. The molecule has 0 spiro atoms. The second-order valence-corrected chi connectivity index (χ2v) is 6.07. The van der Waals surface area contributed by atoms with Crippen molar-refractivity contribution in [3.63, 3.8) is 0 Å². The average Bonchev–Trinajstić information content (AvgIpc) is 2.93. The summed E-state index contributed by atoms with van der Waals surface area (Å²) in [6, 6.07) is 11.4. The Morgan fingerprint density at radius 1 is 1.04 bits per heavy atom.